The molecule has 0 N–H and O–H groups in total. The van der Waals surface area contributed by atoms with Crippen molar-refractivity contribution >= 4 is 78.0 Å². The normalized spacial score (nSPS) is 17.7. The summed E-state index contributed by atoms with van der Waals surface area (Å²) in [5.41, 5.74) is 5.10. The average Bonchev–Trinajstić information content (AvgIpc) is 3.47. The minimum absolute atomic E-state index is 1.26. The molecule has 42 heavy (non-hydrogen) atoms. The molecule has 0 atom stereocenters. The molecule has 6 aromatic carbocycles. The fraction of sp³-hybridized carbons (Fsp3) is 0.105. The second kappa shape index (κ2) is 9.72. The van der Waals surface area contributed by atoms with Crippen LogP contribution >= 0.6 is 23.5 Å². The van der Waals surface area contributed by atoms with Crippen molar-refractivity contribution in [2.24, 2.45) is 0 Å². The van der Waals surface area contributed by atoms with Gasteiger partial charge < -0.3 is 9.80 Å². The van der Waals surface area contributed by atoms with Crippen molar-refractivity contribution in [1.82, 2.24) is 0 Å². The number of anilines is 2. The molecule has 2 aliphatic rings. The van der Waals surface area contributed by atoms with Crippen LogP contribution in [0.2, 0.25) is 0 Å². The Bertz CT molecular complexity index is 1940. The van der Waals surface area contributed by atoms with Crippen molar-refractivity contribution in [3.63, 3.8) is 0 Å². The van der Waals surface area contributed by atoms with Crippen molar-refractivity contribution in [2.75, 3.05) is 9.80 Å². The first-order chi connectivity index (χ1) is 20.5. The molecule has 0 bridgehead atoms. The van der Waals surface area contributed by atoms with E-state index >= 15 is 0 Å². The van der Waals surface area contributed by atoms with Gasteiger partial charge >= 0.3 is 0 Å². The van der Waals surface area contributed by atoms with E-state index < -0.39 is 0 Å². The summed E-state index contributed by atoms with van der Waals surface area (Å²) in [5, 5.41) is 12.7. The zero-order valence-electron chi connectivity index (χ0n) is 24.1. The van der Waals surface area contributed by atoms with Crippen LogP contribution in [-0.2, 0) is 0 Å². The molecule has 204 valence electrons. The van der Waals surface area contributed by atoms with Gasteiger partial charge in [0, 0.05) is 42.7 Å². The zero-order chi connectivity index (χ0) is 28.5. The van der Waals surface area contributed by atoms with E-state index in [4.69, 9.17) is 0 Å². The monoisotopic (exact) mass is 578 g/mol. The summed E-state index contributed by atoms with van der Waals surface area (Å²) in [7, 11) is 0. The largest absolute Gasteiger partial charge is 0.304 e. The molecule has 2 heterocycles. The number of fused-ring (bicyclic) bond motifs is 4. The lowest BCUT2D eigenvalue weighted by Crippen LogP contribution is -2.23. The van der Waals surface area contributed by atoms with E-state index in [1.54, 1.807) is 0 Å². The molecular weight excluding hydrogens is 549 g/mol. The fourth-order valence-electron chi connectivity index (χ4n) is 6.43. The first-order valence-corrected chi connectivity index (χ1v) is 16.0. The van der Waals surface area contributed by atoms with Crippen molar-refractivity contribution in [3.05, 3.63) is 140 Å². The van der Waals surface area contributed by atoms with Crippen LogP contribution in [0.25, 0.3) is 43.1 Å². The Morgan fingerprint density at radius 2 is 0.690 bits per heavy atom. The molecule has 8 rings (SSSR count). The molecular formula is C38H30N2S2. The average molecular weight is 579 g/mol. The number of benzene rings is 6. The smallest absolute Gasteiger partial charge is 0.116 e. The van der Waals surface area contributed by atoms with Gasteiger partial charge in [0.05, 0.1) is 11.4 Å². The van der Waals surface area contributed by atoms with Gasteiger partial charge in [0.15, 0.2) is 0 Å². The highest BCUT2D eigenvalue weighted by molar-refractivity contribution is 8.10. The van der Waals surface area contributed by atoms with Crippen LogP contribution < -0.4 is 9.80 Å². The van der Waals surface area contributed by atoms with E-state index in [2.05, 4.69) is 147 Å². The maximum absolute atomic E-state index is 2.54. The molecule has 2 aliphatic heterocycles. The third-order valence-corrected chi connectivity index (χ3v) is 11.2. The number of allylic oxidation sites excluding steroid dienone is 4. The van der Waals surface area contributed by atoms with Gasteiger partial charge in [0.1, 0.15) is 10.1 Å². The molecule has 0 saturated carbocycles. The van der Waals surface area contributed by atoms with Gasteiger partial charge in [-0.15, -0.1) is 0 Å². The SMILES string of the molecule is CC1=C(C)N(c2c3ccccc3cc3ccccc23)/C(=C2\SC(C)=C(C)N2c2c3ccccc3cc3ccccc23)S1. The molecule has 0 aromatic heterocycles. The van der Waals surface area contributed by atoms with Gasteiger partial charge in [-0.05, 0) is 61.4 Å². The van der Waals surface area contributed by atoms with E-state index in [0.717, 1.165) is 0 Å². The molecule has 0 radical (unpaired) electrons. The zero-order valence-corrected chi connectivity index (χ0v) is 25.7. The minimum atomic E-state index is 1.26. The topological polar surface area (TPSA) is 6.48 Å². The summed E-state index contributed by atoms with van der Waals surface area (Å²) in [4.78, 5) is 7.75. The molecule has 0 aliphatic carbocycles. The molecule has 0 unspecified atom stereocenters. The van der Waals surface area contributed by atoms with Gasteiger partial charge in [-0.3, -0.25) is 0 Å². The number of thioether (sulfide) groups is 2. The first-order valence-electron chi connectivity index (χ1n) is 14.4. The summed E-state index contributed by atoms with van der Waals surface area (Å²) in [6.45, 7) is 9.07. The predicted molar refractivity (Wildman–Crippen MR) is 187 cm³/mol. The molecule has 6 aromatic rings. The van der Waals surface area contributed by atoms with Crippen molar-refractivity contribution < 1.29 is 0 Å². The van der Waals surface area contributed by atoms with Crippen molar-refractivity contribution in [2.45, 2.75) is 27.7 Å². The maximum Gasteiger partial charge on any atom is 0.116 e. The van der Waals surface area contributed by atoms with Gasteiger partial charge in [-0.1, -0.05) is 121 Å². The van der Waals surface area contributed by atoms with Crippen LogP contribution in [-0.4, -0.2) is 0 Å². The molecule has 0 amide bonds. The molecule has 0 spiro atoms. The van der Waals surface area contributed by atoms with Gasteiger partial charge in [0.25, 0.3) is 0 Å². The third-order valence-electron chi connectivity index (χ3n) is 8.71. The Hall–Kier alpha value is -4.12. The molecule has 0 fully saturated rings. The lowest BCUT2D eigenvalue weighted by molar-refractivity contribution is 1.10. The van der Waals surface area contributed by atoms with E-state index in [1.165, 1.54) is 85.7 Å². The number of hydrogen-bond acceptors (Lipinski definition) is 4. The number of nitrogens with zero attached hydrogens (tertiary/aromatic N) is 2. The highest BCUT2D eigenvalue weighted by Crippen LogP contribution is 2.56. The quantitative estimate of drug-likeness (QED) is 0.188. The number of rotatable bonds is 2. The van der Waals surface area contributed by atoms with E-state index in [9.17, 15) is 0 Å². The van der Waals surface area contributed by atoms with E-state index in [1.807, 2.05) is 23.5 Å². The Morgan fingerprint density at radius 1 is 0.405 bits per heavy atom. The van der Waals surface area contributed by atoms with Gasteiger partial charge in [-0.2, -0.15) is 0 Å². The molecule has 0 saturated heterocycles. The fourth-order valence-corrected chi connectivity index (χ4v) is 8.73. The second-order valence-corrected chi connectivity index (χ2v) is 13.5. The van der Waals surface area contributed by atoms with E-state index in [0.29, 0.717) is 0 Å². The highest BCUT2D eigenvalue weighted by atomic mass is 32.2. The van der Waals surface area contributed by atoms with Crippen molar-refractivity contribution in [1.29, 1.82) is 0 Å². The summed E-state index contributed by atoms with van der Waals surface area (Å²) < 4.78 is 0. The minimum Gasteiger partial charge on any atom is -0.304 e. The standard InChI is InChI=1S/C38H30N2S2/c1-23-25(3)41-37(39(23)35-31-17-9-5-13-27(31)21-28-14-6-10-18-32(28)35)38-40(24(2)26(4)42-38)36-33-19-11-7-15-29(33)22-30-16-8-12-20-34(30)36/h5-22H,1-4H3/b38-37+. The first kappa shape index (κ1) is 25.6. The summed E-state index contributed by atoms with van der Waals surface area (Å²) >= 11 is 3.80. The Balaban J connectivity index is 1.46. The van der Waals surface area contributed by atoms with Gasteiger partial charge in [0.2, 0.25) is 0 Å². The third kappa shape index (κ3) is 3.75. The lowest BCUT2D eigenvalue weighted by Gasteiger charge is -2.31. The van der Waals surface area contributed by atoms with Crippen LogP contribution in [0.3, 0.4) is 0 Å². The second-order valence-electron chi connectivity index (χ2n) is 11.1. The number of hydrogen-bond donors (Lipinski definition) is 0. The van der Waals surface area contributed by atoms with Crippen LogP contribution in [0.15, 0.2) is 140 Å². The predicted octanol–water partition coefficient (Wildman–Crippen LogP) is 11.7. The summed E-state index contributed by atoms with van der Waals surface area (Å²) in [6, 6.07) is 39.9. The summed E-state index contributed by atoms with van der Waals surface area (Å²) in [6.07, 6.45) is 0. The Labute approximate surface area is 255 Å². The lowest BCUT2D eigenvalue weighted by atomic mass is 9.99. The maximum atomic E-state index is 2.54. The Kier molecular flexibility index (Phi) is 5.92. The Morgan fingerprint density at radius 3 is 1.00 bits per heavy atom. The summed E-state index contributed by atoms with van der Waals surface area (Å²) in [5.74, 6) is 0. The van der Waals surface area contributed by atoms with Crippen LogP contribution in [0.4, 0.5) is 11.4 Å². The van der Waals surface area contributed by atoms with Crippen LogP contribution in [0, 0.1) is 0 Å². The van der Waals surface area contributed by atoms with Gasteiger partial charge in [-0.25, -0.2) is 0 Å². The molecule has 2 nitrogen and oxygen atoms in total. The van der Waals surface area contributed by atoms with Crippen LogP contribution in [0.5, 0.6) is 0 Å². The highest BCUT2D eigenvalue weighted by Gasteiger charge is 2.37. The molecule has 4 heteroatoms. The van der Waals surface area contributed by atoms with Crippen LogP contribution in [0.1, 0.15) is 27.7 Å². The van der Waals surface area contributed by atoms with E-state index in [-0.39, 0.29) is 0 Å². The van der Waals surface area contributed by atoms with Crippen molar-refractivity contribution in [3.8, 4) is 0 Å².